The number of nitrogens with zero attached hydrogens (tertiary/aromatic N) is 3. The Hall–Kier alpha value is -3.45. The lowest BCUT2D eigenvalue weighted by Crippen LogP contribution is -2.13. The molecule has 4 rings (SSSR count). The molecule has 0 unspecified atom stereocenters. The summed E-state index contributed by atoms with van der Waals surface area (Å²) in [4.78, 5) is 12.5. The Morgan fingerprint density at radius 3 is 2.63 bits per heavy atom. The maximum Gasteiger partial charge on any atom is 0.279 e. The normalized spacial score (nSPS) is 10.9. The summed E-state index contributed by atoms with van der Waals surface area (Å²) < 4.78 is 20.2. The smallest absolute Gasteiger partial charge is 0.279 e. The Bertz CT molecular complexity index is 1210. The lowest BCUT2D eigenvalue weighted by molar-refractivity contribution is 0.101. The van der Waals surface area contributed by atoms with Gasteiger partial charge in [0.05, 0.1) is 6.54 Å². The fourth-order valence-corrected chi connectivity index (χ4v) is 3.19. The van der Waals surface area contributed by atoms with E-state index < -0.39 is 11.7 Å². The Balaban J connectivity index is 1.48. The fourth-order valence-electron chi connectivity index (χ4n) is 2.96. The van der Waals surface area contributed by atoms with Crippen LogP contribution in [0.2, 0.25) is 5.02 Å². The molecular weight excluding hydrogens is 407 g/mol. The van der Waals surface area contributed by atoms with Crippen molar-refractivity contribution in [2.75, 3.05) is 5.32 Å². The van der Waals surface area contributed by atoms with Gasteiger partial charge in [0.1, 0.15) is 5.82 Å². The molecule has 2 heterocycles. The van der Waals surface area contributed by atoms with Crippen molar-refractivity contribution in [1.29, 1.82) is 0 Å². The number of carbonyl (C=O) groups is 1. The van der Waals surface area contributed by atoms with Crippen LogP contribution in [0, 0.1) is 19.7 Å². The van der Waals surface area contributed by atoms with Crippen LogP contribution < -0.4 is 5.32 Å². The van der Waals surface area contributed by atoms with Crippen molar-refractivity contribution in [3.63, 3.8) is 0 Å². The molecule has 0 radical (unpaired) electrons. The van der Waals surface area contributed by atoms with Gasteiger partial charge in [-0.2, -0.15) is 5.10 Å². The van der Waals surface area contributed by atoms with Crippen molar-refractivity contribution in [2.24, 2.45) is 0 Å². The molecule has 8 heteroatoms. The molecule has 0 saturated heterocycles. The second kappa shape index (κ2) is 8.12. The molecule has 2 aromatic heterocycles. The summed E-state index contributed by atoms with van der Waals surface area (Å²) in [6, 6.07) is 15.3. The van der Waals surface area contributed by atoms with Crippen molar-refractivity contribution < 1.29 is 13.7 Å². The highest BCUT2D eigenvalue weighted by atomic mass is 35.5. The minimum Gasteiger partial charge on any atom is -0.355 e. The van der Waals surface area contributed by atoms with E-state index in [-0.39, 0.29) is 5.69 Å². The third-order valence-electron chi connectivity index (χ3n) is 4.64. The van der Waals surface area contributed by atoms with Crippen LogP contribution in [0.1, 0.15) is 27.3 Å². The Morgan fingerprint density at radius 1 is 1.13 bits per heavy atom. The first-order valence-electron chi connectivity index (χ1n) is 9.22. The molecule has 0 aliphatic carbocycles. The van der Waals surface area contributed by atoms with Crippen LogP contribution >= 0.6 is 11.6 Å². The minimum atomic E-state index is -0.429. The molecule has 0 aliphatic heterocycles. The summed E-state index contributed by atoms with van der Waals surface area (Å²) in [6.07, 6.45) is 0. The van der Waals surface area contributed by atoms with E-state index in [4.69, 9.17) is 16.1 Å². The molecule has 2 aromatic carbocycles. The third-order valence-corrected chi connectivity index (χ3v) is 4.99. The molecule has 0 aliphatic rings. The fraction of sp³-hybridized carbons (Fsp3) is 0.136. The molecule has 0 atom stereocenters. The van der Waals surface area contributed by atoms with Gasteiger partial charge < -0.3 is 9.84 Å². The average molecular weight is 425 g/mol. The molecule has 6 nitrogen and oxygen atoms in total. The highest BCUT2D eigenvalue weighted by Gasteiger charge is 2.16. The minimum absolute atomic E-state index is 0.152. The van der Waals surface area contributed by atoms with E-state index in [0.29, 0.717) is 23.1 Å². The number of aryl methyl sites for hydroxylation is 2. The average Bonchev–Trinajstić information content (AvgIpc) is 3.32. The van der Waals surface area contributed by atoms with Gasteiger partial charge in [0.15, 0.2) is 17.3 Å². The summed E-state index contributed by atoms with van der Waals surface area (Å²) >= 11 is 6.09. The molecule has 30 heavy (non-hydrogen) atoms. The summed E-state index contributed by atoms with van der Waals surface area (Å²) in [7, 11) is 0. The van der Waals surface area contributed by atoms with Crippen molar-refractivity contribution in [3.05, 3.63) is 88.0 Å². The van der Waals surface area contributed by atoms with Gasteiger partial charge in [-0.25, -0.2) is 4.39 Å². The van der Waals surface area contributed by atoms with Crippen molar-refractivity contribution >= 4 is 23.3 Å². The van der Waals surface area contributed by atoms with E-state index in [1.54, 1.807) is 22.9 Å². The van der Waals surface area contributed by atoms with E-state index in [1.165, 1.54) is 12.1 Å². The summed E-state index contributed by atoms with van der Waals surface area (Å²) in [6.45, 7) is 4.20. The molecule has 0 fully saturated rings. The lowest BCUT2D eigenvalue weighted by atomic mass is 10.1. The molecule has 1 N–H and O–H groups in total. The van der Waals surface area contributed by atoms with E-state index in [2.05, 4.69) is 15.6 Å². The quantitative estimate of drug-likeness (QED) is 0.475. The number of hydrogen-bond donors (Lipinski definition) is 1. The van der Waals surface area contributed by atoms with E-state index in [0.717, 1.165) is 22.4 Å². The highest BCUT2D eigenvalue weighted by Crippen LogP contribution is 2.22. The number of aromatic nitrogens is 3. The number of rotatable bonds is 5. The first-order valence-corrected chi connectivity index (χ1v) is 9.60. The zero-order valence-corrected chi connectivity index (χ0v) is 17.1. The largest absolute Gasteiger partial charge is 0.355 e. The second-order valence-corrected chi connectivity index (χ2v) is 7.37. The molecular formula is C22H18ClFN4O2. The van der Waals surface area contributed by atoms with Crippen LogP contribution in [0.15, 0.2) is 59.1 Å². The van der Waals surface area contributed by atoms with Gasteiger partial charge in [-0.15, -0.1) is 0 Å². The van der Waals surface area contributed by atoms with Crippen molar-refractivity contribution in [3.8, 4) is 11.3 Å². The predicted molar refractivity (Wildman–Crippen MR) is 112 cm³/mol. The second-order valence-electron chi connectivity index (χ2n) is 6.96. The van der Waals surface area contributed by atoms with Crippen LogP contribution in [-0.2, 0) is 6.54 Å². The van der Waals surface area contributed by atoms with Crippen molar-refractivity contribution in [2.45, 2.75) is 20.4 Å². The zero-order valence-electron chi connectivity index (χ0n) is 16.3. The predicted octanol–water partition coefficient (Wildman–Crippen LogP) is 5.25. The molecule has 4 aromatic rings. The standard InChI is InChI=1S/C22H18ClFN4O2/c1-13-3-5-15(6-4-13)20-11-19(27-30-20)22(29)25-21-9-14(2)28(26-21)12-16-7-8-17(24)10-18(16)23/h3-11H,12H2,1-2H3,(H,25,26,29). The Kier molecular flexibility index (Phi) is 5.37. The number of anilines is 1. The number of nitrogens with one attached hydrogen (secondary N) is 1. The molecule has 1 amide bonds. The molecule has 0 saturated carbocycles. The van der Waals surface area contributed by atoms with E-state index in [1.807, 2.05) is 38.1 Å². The monoisotopic (exact) mass is 424 g/mol. The van der Waals surface area contributed by atoms with Gasteiger partial charge in [0.25, 0.3) is 5.91 Å². The maximum atomic E-state index is 13.2. The van der Waals surface area contributed by atoms with Gasteiger partial charge >= 0.3 is 0 Å². The summed E-state index contributed by atoms with van der Waals surface area (Å²) in [5.41, 5.74) is 3.65. The first-order chi connectivity index (χ1) is 14.4. The zero-order chi connectivity index (χ0) is 21.3. The van der Waals surface area contributed by atoms with Crippen LogP contribution in [0.3, 0.4) is 0 Å². The topological polar surface area (TPSA) is 73.0 Å². The number of hydrogen-bond acceptors (Lipinski definition) is 4. The maximum absolute atomic E-state index is 13.2. The van der Waals surface area contributed by atoms with Gasteiger partial charge in [0, 0.05) is 28.4 Å². The summed E-state index contributed by atoms with van der Waals surface area (Å²) in [5.74, 6) is 0.0523. The summed E-state index contributed by atoms with van der Waals surface area (Å²) in [5, 5.41) is 11.3. The SMILES string of the molecule is Cc1ccc(-c2cc(C(=O)Nc3cc(C)n(Cc4ccc(F)cc4Cl)n3)no2)cc1. The van der Waals surface area contributed by atoms with E-state index >= 15 is 0 Å². The van der Waals surface area contributed by atoms with Gasteiger partial charge in [-0.05, 0) is 31.5 Å². The van der Waals surface area contributed by atoms with Gasteiger partial charge in [-0.1, -0.05) is 52.7 Å². The number of amides is 1. The Morgan fingerprint density at radius 2 is 1.90 bits per heavy atom. The highest BCUT2D eigenvalue weighted by molar-refractivity contribution is 6.31. The number of benzene rings is 2. The van der Waals surface area contributed by atoms with Gasteiger partial charge in [-0.3, -0.25) is 9.48 Å². The lowest BCUT2D eigenvalue weighted by Gasteiger charge is -2.06. The third kappa shape index (κ3) is 4.26. The molecule has 0 bridgehead atoms. The van der Waals surface area contributed by atoms with E-state index in [9.17, 15) is 9.18 Å². The molecule has 152 valence electrons. The van der Waals surface area contributed by atoms with Crippen LogP contribution in [-0.4, -0.2) is 20.8 Å². The van der Waals surface area contributed by atoms with Crippen LogP contribution in [0.5, 0.6) is 0 Å². The van der Waals surface area contributed by atoms with Gasteiger partial charge in [0.2, 0.25) is 0 Å². The first kappa shape index (κ1) is 19.8. The number of carbonyl (C=O) groups excluding carboxylic acids is 1. The molecule has 0 spiro atoms. The Labute approximate surface area is 177 Å². The van der Waals surface area contributed by atoms with Crippen LogP contribution in [0.4, 0.5) is 10.2 Å². The van der Waals surface area contributed by atoms with Crippen LogP contribution in [0.25, 0.3) is 11.3 Å². The number of halogens is 2. The van der Waals surface area contributed by atoms with Crippen molar-refractivity contribution in [1.82, 2.24) is 14.9 Å².